The SMILES string of the molecule is COc1c(-c2n[nH]c(=S)n2-c2ccc(N3CCOCC3)cc2)cc(C(C)C)c(OC)c1OC. The summed E-state index contributed by atoms with van der Waals surface area (Å²) in [6.07, 6.45) is 0. The maximum Gasteiger partial charge on any atom is 0.204 e. The second kappa shape index (κ2) is 9.84. The van der Waals surface area contributed by atoms with Crippen molar-refractivity contribution in [1.29, 1.82) is 0 Å². The van der Waals surface area contributed by atoms with Crippen LogP contribution in [0.3, 0.4) is 0 Å². The van der Waals surface area contributed by atoms with Gasteiger partial charge in [0.2, 0.25) is 5.75 Å². The van der Waals surface area contributed by atoms with Crippen LogP contribution in [-0.4, -0.2) is 62.4 Å². The summed E-state index contributed by atoms with van der Waals surface area (Å²) in [6, 6.07) is 10.3. The third kappa shape index (κ3) is 4.30. The standard InChI is InChI=1S/C24H30N4O4S/c1-15(2)18-14-19(21(30-4)22(31-5)20(18)29-3)23-25-26-24(33)28(23)17-8-6-16(7-9-17)27-10-12-32-13-11-27/h6-9,14-15H,10-13H2,1-5H3,(H,26,33). The number of H-pyrrole nitrogens is 1. The van der Waals surface area contributed by atoms with Crippen LogP contribution >= 0.6 is 12.2 Å². The number of aromatic amines is 1. The Morgan fingerprint density at radius 2 is 1.55 bits per heavy atom. The van der Waals surface area contributed by atoms with E-state index in [0.29, 0.717) is 27.8 Å². The molecule has 176 valence electrons. The Bertz CT molecular complexity index is 1160. The molecule has 9 heteroatoms. The van der Waals surface area contributed by atoms with Gasteiger partial charge < -0.3 is 23.8 Å². The second-order valence-electron chi connectivity index (χ2n) is 8.07. The number of benzene rings is 2. The molecule has 0 spiro atoms. The summed E-state index contributed by atoms with van der Waals surface area (Å²) in [5.74, 6) is 2.56. The van der Waals surface area contributed by atoms with Crippen LogP contribution in [0.1, 0.15) is 25.3 Å². The van der Waals surface area contributed by atoms with Gasteiger partial charge >= 0.3 is 0 Å². The zero-order valence-electron chi connectivity index (χ0n) is 19.7. The summed E-state index contributed by atoms with van der Waals surface area (Å²) in [5, 5.41) is 7.50. The molecule has 1 N–H and O–H groups in total. The molecule has 0 saturated carbocycles. The first kappa shape index (κ1) is 23.1. The molecule has 1 aliphatic heterocycles. The maximum atomic E-state index is 5.77. The van der Waals surface area contributed by atoms with Crippen molar-refractivity contribution in [1.82, 2.24) is 14.8 Å². The van der Waals surface area contributed by atoms with E-state index in [1.807, 2.05) is 10.6 Å². The van der Waals surface area contributed by atoms with Crippen molar-refractivity contribution in [2.45, 2.75) is 19.8 Å². The summed E-state index contributed by atoms with van der Waals surface area (Å²) < 4.78 is 25.0. The quantitative estimate of drug-likeness (QED) is 0.507. The number of anilines is 1. The molecule has 1 fully saturated rings. The number of ether oxygens (including phenoxy) is 4. The molecular weight excluding hydrogens is 440 g/mol. The molecule has 0 atom stereocenters. The average Bonchev–Trinajstić information content (AvgIpc) is 3.24. The normalized spacial score (nSPS) is 13.9. The Balaban J connectivity index is 1.84. The van der Waals surface area contributed by atoms with Gasteiger partial charge in [-0.1, -0.05) is 13.8 Å². The number of nitrogens with one attached hydrogen (secondary N) is 1. The smallest absolute Gasteiger partial charge is 0.204 e. The number of hydrogen-bond acceptors (Lipinski definition) is 7. The van der Waals surface area contributed by atoms with E-state index in [1.165, 1.54) is 0 Å². The lowest BCUT2D eigenvalue weighted by Gasteiger charge is -2.29. The Kier molecular flexibility index (Phi) is 6.90. The average molecular weight is 471 g/mol. The van der Waals surface area contributed by atoms with Gasteiger partial charge in [-0.2, -0.15) is 5.10 Å². The fourth-order valence-electron chi connectivity index (χ4n) is 4.19. The van der Waals surface area contributed by atoms with Crippen molar-refractivity contribution in [3.05, 3.63) is 40.7 Å². The first-order valence-electron chi connectivity index (χ1n) is 10.9. The number of morpholine rings is 1. The zero-order valence-corrected chi connectivity index (χ0v) is 20.5. The van der Waals surface area contributed by atoms with Crippen molar-refractivity contribution in [3.8, 4) is 34.3 Å². The summed E-state index contributed by atoms with van der Waals surface area (Å²) in [6.45, 7) is 7.48. The topological polar surface area (TPSA) is 73.8 Å². The molecule has 0 unspecified atom stereocenters. The number of rotatable bonds is 7. The maximum absolute atomic E-state index is 5.77. The number of nitrogens with zero attached hydrogens (tertiary/aromatic N) is 3. The lowest BCUT2D eigenvalue weighted by molar-refractivity contribution is 0.122. The van der Waals surface area contributed by atoms with Crippen LogP contribution in [0.25, 0.3) is 17.1 Å². The predicted octanol–water partition coefficient (Wildman–Crippen LogP) is 4.58. The molecule has 33 heavy (non-hydrogen) atoms. The van der Waals surface area contributed by atoms with Crippen LogP contribution in [0.4, 0.5) is 5.69 Å². The highest BCUT2D eigenvalue weighted by molar-refractivity contribution is 7.71. The molecular formula is C24H30N4O4S. The largest absolute Gasteiger partial charge is 0.492 e. The predicted molar refractivity (Wildman–Crippen MR) is 131 cm³/mol. The van der Waals surface area contributed by atoms with Crippen molar-refractivity contribution >= 4 is 17.9 Å². The van der Waals surface area contributed by atoms with Gasteiger partial charge in [-0.3, -0.25) is 9.67 Å². The van der Waals surface area contributed by atoms with Crippen molar-refractivity contribution in [2.75, 3.05) is 52.5 Å². The summed E-state index contributed by atoms with van der Waals surface area (Å²) >= 11 is 5.61. The molecule has 2 heterocycles. The second-order valence-corrected chi connectivity index (χ2v) is 8.46. The molecule has 3 aromatic rings. The van der Waals surface area contributed by atoms with E-state index in [1.54, 1.807) is 21.3 Å². The van der Waals surface area contributed by atoms with E-state index in [9.17, 15) is 0 Å². The van der Waals surface area contributed by atoms with E-state index in [-0.39, 0.29) is 5.92 Å². The number of aromatic nitrogens is 3. The number of hydrogen-bond donors (Lipinski definition) is 1. The lowest BCUT2D eigenvalue weighted by Crippen LogP contribution is -2.36. The highest BCUT2D eigenvalue weighted by Gasteiger charge is 2.26. The monoisotopic (exact) mass is 470 g/mol. The van der Waals surface area contributed by atoms with Gasteiger partial charge in [0.15, 0.2) is 22.1 Å². The third-order valence-corrected chi connectivity index (χ3v) is 6.12. The van der Waals surface area contributed by atoms with Crippen molar-refractivity contribution < 1.29 is 18.9 Å². The van der Waals surface area contributed by atoms with Gasteiger partial charge in [-0.25, -0.2) is 0 Å². The molecule has 8 nitrogen and oxygen atoms in total. The number of methoxy groups -OCH3 is 3. The minimum Gasteiger partial charge on any atom is -0.492 e. The van der Waals surface area contributed by atoms with E-state index < -0.39 is 0 Å². The fourth-order valence-corrected chi connectivity index (χ4v) is 4.43. The summed E-state index contributed by atoms with van der Waals surface area (Å²) in [5.41, 5.74) is 3.82. The molecule has 1 aromatic heterocycles. The third-order valence-electron chi connectivity index (χ3n) is 5.85. The highest BCUT2D eigenvalue weighted by Crippen LogP contribution is 2.48. The van der Waals surface area contributed by atoms with Crippen molar-refractivity contribution in [3.63, 3.8) is 0 Å². The van der Waals surface area contributed by atoms with Gasteiger partial charge in [0, 0.05) is 24.3 Å². The summed E-state index contributed by atoms with van der Waals surface area (Å²) in [4.78, 5) is 2.31. The van der Waals surface area contributed by atoms with Gasteiger partial charge in [0.1, 0.15) is 0 Å². The minimum atomic E-state index is 0.196. The highest BCUT2D eigenvalue weighted by atomic mass is 32.1. The first-order valence-corrected chi connectivity index (χ1v) is 11.3. The van der Waals surface area contributed by atoms with Crippen LogP contribution in [0.2, 0.25) is 0 Å². The fraction of sp³-hybridized carbons (Fsp3) is 0.417. The molecule has 1 saturated heterocycles. The lowest BCUT2D eigenvalue weighted by atomic mass is 9.97. The molecule has 0 aliphatic carbocycles. The van der Waals surface area contributed by atoms with Crippen molar-refractivity contribution in [2.24, 2.45) is 0 Å². The molecule has 2 aromatic carbocycles. The van der Waals surface area contributed by atoms with Crippen LogP contribution in [0, 0.1) is 4.77 Å². The van der Waals surface area contributed by atoms with Gasteiger partial charge in [-0.15, -0.1) is 0 Å². The van der Waals surface area contributed by atoms with Gasteiger partial charge in [-0.05, 0) is 48.5 Å². The molecule has 0 bridgehead atoms. The van der Waals surface area contributed by atoms with Crippen LogP contribution in [0.5, 0.6) is 17.2 Å². The van der Waals surface area contributed by atoms with E-state index in [4.69, 9.17) is 31.2 Å². The molecule has 0 amide bonds. The summed E-state index contributed by atoms with van der Waals surface area (Å²) in [7, 11) is 4.85. The van der Waals surface area contributed by atoms with Gasteiger partial charge in [0.25, 0.3) is 0 Å². The molecule has 1 aliphatic rings. The molecule has 0 radical (unpaired) electrons. The Morgan fingerprint density at radius 3 is 2.12 bits per heavy atom. The van der Waals surface area contributed by atoms with Gasteiger partial charge in [0.05, 0.1) is 45.8 Å². The van der Waals surface area contributed by atoms with E-state index in [2.05, 4.69) is 53.2 Å². The molecule has 4 rings (SSSR count). The van der Waals surface area contributed by atoms with Crippen LogP contribution in [0.15, 0.2) is 30.3 Å². The van der Waals surface area contributed by atoms with Crippen LogP contribution < -0.4 is 19.1 Å². The first-order chi connectivity index (χ1) is 16.0. The van der Waals surface area contributed by atoms with E-state index in [0.717, 1.165) is 48.8 Å². The Labute approximate surface area is 199 Å². The zero-order chi connectivity index (χ0) is 23.5. The Hall–Kier alpha value is -3.04. The van der Waals surface area contributed by atoms with Crippen LogP contribution in [-0.2, 0) is 4.74 Å². The Morgan fingerprint density at radius 1 is 0.939 bits per heavy atom. The minimum absolute atomic E-state index is 0.196. The van der Waals surface area contributed by atoms with E-state index >= 15 is 0 Å².